The maximum absolute atomic E-state index is 12.5. The Labute approximate surface area is 300 Å². The Morgan fingerprint density at radius 1 is 1.16 bits per heavy atom. The summed E-state index contributed by atoms with van der Waals surface area (Å²) in [6, 6.07) is 15.9. The number of likely N-dealkylation sites (tertiary alicyclic amines) is 1. The van der Waals surface area contributed by atoms with Crippen molar-refractivity contribution in [1.82, 2.24) is 25.1 Å². The minimum absolute atomic E-state index is 0.163. The van der Waals surface area contributed by atoms with Crippen LogP contribution in [0.5, 0.6) is 0 Å². The van der Waals surface area contributed by atoms with Gasteiger partial charge in [-0.1, -0.05) is 62.9 Å². The fraction of sp³-hybridized carbons (Fsp3) is 0.385. The van der Waals surface area contributed by atoms with E-state index in [1.165, 1.54) is 5.01 Å². The van der Waals surface area contributed by atoms with Crippen LogP contribution in [0, 0.1) is 5.92 Å². The van der Waals surface area contributed by atoms with Crippen LogP contribution in [0.3, 0.4) is 0 Å². The fourth-order valence-electron chi connectivity index (χ4n) is 6.67. The van der Waals surface area contributed by atoms with Gasteiger partial charge in [0.05, 0.1) is 25.5 Å². The van der Waals surface area contributed by atoms with Crippen molar-refractivity contribution in [2.24, 2.45) is 21.7 Å². The smallest absolute Gasteiger partial charge is 0.248 e. The second-order valence-corrected chi connectivity index (χ2v) is 13.6. The highest BCUT2D eigenvalue weighted by atomic mass is 16.7. The third-order valence-electron chi connectivity index (χ3n) is 9.30. The number of fused-ring (bicyclic) bond motifs is 1. The highest BCUT2D eigenvalue weighted by Gasteiger charge is 2.39. The van der Waals surface area contributed by atoms with Gasteiger partial charge in [-0.3, -0.25) is 9.78 Å². The summed E-state index contributed by atoms with van der Waals surface area (Å²) < 4.78 is 12.1. The maximum atomic E-state index is 12.5. The SMILES string of the molecule is C=C/C(=C1/NC(N2CCCC3(CC2)OCCO3)=NC(=NCc2ccccc2-c2nccc3cc(NC(=O)/C=C/CN(C)C)ccc23)N1N)C(C)C. The Bertz CT molecular complexity index is 1870. The number of aromatic nitrogens is 1. The number of allylic oxidation sites excluding steroid dienone is 2. The molecule has 3 aromatic rings. The first-order valence-electron chi connectivity index (χ1n) is 17.6. The molecule has 0 bridgehead atoms. The molecule has 6 rings (SSSR count). The second-order valence-electron chi connectivity index (χ2n) is 13.6. The van der Waals surface area contributed by atoms with Crippen LogP contribution in [-0.4, -0.2) is 90.3 Å². The summed E-state index contributed by atoms with van der Waals surface area (Å²) in [6.07, 6.45) is 9.52. The molecule has 2 fully saturated rings. The molecular formula is C39H49N9O3. The van der Waals surface area contributed by atoms with E-state index in [-0.39, 0.29) is 11.8 Å². The standard InChI is InChI=1S/C39H49N9O3/c1-6-31(27(2)3)36-44-38(47-21-10-17-39(18-22-47)50-23-24-51-39)45-37(48(36)40)42-26-29-11-7-8-12-32(29)35-33-15-14-30(25-28(33)16-19-41-35)43-34(49)13-9-20-46(4)5/h6-9,11-16,19,25,27H,1,10,17-18,20-24,26,40H2,2-5H3,(H,43,49)(H,42,44,45)/b13-9+,36-31+. The van der Waals surface area contributed by atoms with E-state index in [4.69, 9.17) is 30.3 Å². The third kappa shape index (κ3) is 8.37. The van der Waals surface area contributed by atoms with E-state index >= 15 is 0 Å². The number of guanidine groups is 2. The first kappa shape index (κ1) is 35.9. The first-order chi connectivity index (χ1) is 24.7. The van der Waals surface area contributed by atoms with Gasteiger partial charge < -0.3 is 29.9 Å². The average molecular weight is 692 g/mol. The first-order valence-corrected chi connectivity index (χ1v) is 17.6. The lowest BCUT2D eigenvalue weighted by Crippen LogP contribution is -2.54. The summed E-state index contributed by atoms with van der Waals surface area (Å²) in [6.45, 7) is 12.1. The lowest BCUT2D eigenvalue weighted by atomic mass is 9.99. The summed E-state index contributed by atoms with van der Waals surface area (Å²) in [5.41, 5.74) is 4.44. The summed E-state index contributed by atoms with van der Waals surface area (Å²) in [7, 11) is 3.92. The van der Waals surface area contributed by atoms with Gasteiger partial charge in [-0.05, 0) is 61.2 Å². The van der Waals surface area contributed by atoms with E-state index in [1.54, 1.807) is 12.3 Å². The van der Waals surface area contributed by atoms with Gasteiger partial charge in [0, 0.05) is 61.4 Å². The normalized spacial score (nSPS) is 19.6. The lowest BCUT2D eigenvalue weighted by molar-refractivity contribution is -0.163. The molecule has 0 radical (unpaired) electrons. The number of hydrogen-bond donors (Lipinski definition) is 3. The van der Waals surface area contributed by atoms with Crippen molar-refractivity contribution in [3.05, 3.63) is 96.5 Å². The summed E-state index contributed by atoms with van der Waals surface area (Å²) in [5.74, 6) is 8.03. The van der Waals surface area contributed by atoms with Gasteiger partial charge in [0.25, 0.3) is 0 Å². The molecule has 4 N–H and O–H groups in total. The lowest BCUT2D eigenvalue weighted by Gasteiger charge is -2.35. The number of nitrogens with two attached hydrogens (primary N) is 1. The Balaban J connectivity index is 1.29. The largest absolute Gasteiger partial charge is 0.347 e. The quantitative estimate of drug-likeness (QED) is 0.204. The zero-order valence-electron chi connectivity index (χ0n) is 30.1. The number of nitrogens with zero attached hydrogens (tertiary/aromatic N) is 6. The minimum Gasteiger partial charge on any atom is -0.347 e. The molecule has 0 atom stereocenters. The summed E-state index contributed by atoms with van der Waals surface area (Å²) in [5, 5.41) is 9.92. The molecule has 0 aliphatic carbocycles. The molecule has 0 unspecified atom stereocenters. The van der Waals surface area contributed by atoms with Crippen LogP contribution >= 0.6 is 0 Å². The second kappa shape index (κ2) is 16.0. The van der Waals surface area contributed by atoms with Crippen molar-refractivity contribution in [1.29, 1.82) is 0 Å². The maximum Gasteiger partial charge on any atom is 0.248 e. The Morgan fingerprint density at radius 3 is 2.73 bits per heavy atom. The van der Waals surface area contributed by atoms with Crippen molar-refractivity contribution in [3.63, 3.8) is 0 Å². The number of carbonyl (C=O) groups is 1. The number of pyridine rings is 1. The van der Waals surface area contributed by atoms with Gasteiger partial charge in [-0.2, -0.15) is 4.99 Å². The molecule has 2 saturated heterocycles. The van der Waals surface area contributed by atoms with Gasteiger partial charge in [0.1, 0.15) is 5.82 Å². The molecule has 3 aliphatic rings. The van der Waals surface area contributed by atoms with Crippen LogP contribution in [0.1, 0.15) is 38.7 Å². The van der Waals surface area contributed by atoms with Crippen molar-refractivity contribution in [2.45, 2.75) is 45.4 Å². The summed E-state index contributed by atoms with van der Waals surface area (Å²) in [4.78, 5) is 31.5. The topological polar surface area (TPSA) is 133 Å². The number of benzene rings is 2. The Hall–Kier alpha value is -4.88. The van der Waals surface area contributed by atoms with E-state index in [9.17, 15) is 4.79 Å². The molecule has 12 heteroatoms. The van der Waals surface area contributed by atoms with Gasteiger partial charge in [0.2, 0.25) is 17.8 Å². The van der Waals surface area contributed by atoms with Crippen molar-refractivity contribution >= 4 is 34.3 Å². The van der Waals surface area contributed by atoms with Gasteiger partial charge in [-0.15, -0.1) is 0 Å². The van der Waals surface area contributed by atoms with E-state index in [0.717, 1.165) is 65.5 Å². The van der Waals surface area contributed by atoms with E-state index in [2.05, 4.69) is 48.1 Å². The number of ether oxygens (including phenoxy) is 2. The van der Waals surface area contributed by atoms with Crippen LogP contribution in [-0.2, 0) is 20.8 Å². The van der Waals surface area contributed by atoms with Crippen LogP contribution in [0.25, 0.3) is 22.0 Å². The molecular weight excluding hydrogens is 642 g/mol. The Morgan fingerprint density at radius 2 is 1.96 bits per heavy atom. The third-order valence-corrected chi connectivity index (χ3v) is 9.30. The van der Waals surface area contributed by atoms with Gasteiger partial charge in [0.15, 0.2) is 5.79 Å². The molecule has 51 heavy (non-hydrogen) atoms. The molecule has 268 valence electrons. The highest BCUT2D eigenvalue weighted by Crippen LogP contribution is 2.33. The number of rotatable bonds is 9. The predicted octanol–water partition coefficient (Wildman–Crippen LogP) is 5.23. The van der Waals surface area contributed by atoms with Crippen molar-refractivity contribution in [3.8, 4) is 11.3 Å². The summed E-state index contributed by atoms with van der Waals surface area (Å²) >= 11 is 0. The zero-order valence-corrected chi connectivity index (χ0v) is 30.1. The zero-order chi connectivity index (χ0) is 36.0. The number of carbonyl (C=O) groups excluding carboxylic acids is 1. The molecule has 3 aliphatic heterocycles. The van der Waals surface area contributed by atoms with Crippen molar-refractivity contribution in [2.75, 3.05) is 52.3 Å². The Kier molecular flexibility index (Phi) is 11.3. The number of anilines is 1. The number of amides is 1. The molecule has 12 nitrogen and oxygen atoms in total. The van der Waals surface area contributed by atoms with Crippen LogP contribution in [0.15, 0.2) is 101 Å². The van der Waals surface area contributed by atoms with E-state index < -0.39 is 5.79 Å². The van der Waals surface area contributed by atoms with E-state index in [0.29, 0.717) is 49.7 Å². The molecule has 4 heterocycles. The molecule has 1 spiro atoms. The van der Waals surface area contributed by atoms with Crippen LogP contribution < -0.4 is 16.5 Å². The molecule has 1 amide bonds. The number of hydrazine groups is 1. The minimum atomic E-state index is -0.512. The van der Waals surface area contributed by atoms with Crippen LogP contribution in [0.2, 0.25) is 0 Å². The number of hydrogen-bond acceptors (Lipinski definition) is 9. The van der Waals surface area contributed by atoms with Gasteiger partial charge in [-0.25, -0.2) is 15.8 Å². The number of aliphatic imine (C=N–C) groups is 2. The van der Waals surface area contributed by atoms with E-state index in [1.807, 2.05) is 67.5 Å². The fourth-order valence-corrected chi connectivity index (χ4v) is 6.67. The molecule has 1 aromatic heterocycles. The monoisotopic (exact) mass is 691 g/mol. The van der Waals surface area contributed by atoms with Gasteiger partial charge >= 0.3 is 0 Å². The van der Waals surface area contributed by atoms with Crippen molar-refractivity contribution < 1.29 is 14.3 Å². The number of nitrogens with one attached hydrogen (secondary N) is 2. The predicted molar refractivity (Wildman–Crippen MR) is 203 cm³/mol. The molecule has 0 saturated carbocycles. The highest BCUT2D eigenvalue weighted by molar-refractivity contribution is 6.03. The molecule has 2 aromatic carbocycles. The van der Waals surface area contributed by atoms with Crippen LogP contribution in [0.4, 0.5) is 5.69 Å². The number of likely N-dealkylation sites (N-methyl/N-ethyl adjacent to an activating group) is 1. The average Bonchev–Trinajstić information content (AvgIpc) is 3.47.